The lowest BCUT2D eigenvalue weighted by Gasteiger charge is -2.45. The van der Waals surface area contributed by atoms with Gasteiger partial charge in [0, 0.05) is 71.6 Å². The first-order valence-electron chi connectivity index (χ1n) is 39.0. The van der Waals surface area contributed by atoms with Crippen molar-refractivity contribution in [2.24, 2.45) is 27.1 Å². The second kappa shape index (κ2) is 30.8. The Bertz CT molecular complexity index is 5460. The molecule has 24 nitrogen and oxygen atoms in total. The maximum atomic E-state index is 12.9. The predicted octanol–water partition coefficient (Wildman–Crippen LogP) is 15.9. The molecule has 1 unspecified atom stereocenters. The number of allylic oxidation sites excluding steroid dienone is 17. The first kappa shape index (κ1) is 89.5. The molecule has 5 aromatic carbocycles. The van der Waals surface area contributed by atoms with E-state index in [4.69, 9.17) is 37.9 Å². The first-order chi connectivity index (χ1) is 56.7. The molecule has 0 amide bonds. The molecule has 15 rings (SSSR count). The third-order valence-electron chi connectivity index (χ3n) is 25.8. The number of rotatable bonds is 8. The maximum Gasteiger partial charge on any atom is 0.341 e. The van der Waals surface area contributed by atoms with E-state index < -0.39 is 124 Å². The maximum absolute atomic E-state index is 12.9. The molecule has 0 spiro atoms. The third kappa shape index (κ3) is 13.4. The van der Waals surface area contributed by atoms with Crippen molar-refractivity contribution in [3.63, 3.8) is 0 Å². The Hall–Kier alpha value is -13.3. The van der Waals surface area contributed by atoms with Crippen LogP contribution in [0.5, 0.6) is 28.7 Å². The van der Waals surface area contributed by atoms with E-state index in [0.717, 1.165) is 33.8 Å². The van der Waals surface area contributed by atoms with E-state index in [1.807, 2.05) is 90.1 Å². The molecule has 10 aliphatic carbocycles. The Morgan fingerprint density at radius 3 is 0.705 bits per heavy atom. The molecule has 0 fully saturated rings. The summed E-state index contributed by atoms with van der Waals surface area (Å²) in [6.45, 7) is 34.3. The molecule has 0 bridgehead atoms. The highest BCUT2D eigenvalue weighted by molar-refractivity contribution is 6.26. The number of carbonyl (C=O) groups excluding carboxylic acids is 11. The summed E-state index contributed by atoms with van der Waals surface area (Å²) in [6, 6.07) is 26.1. The Morgan fingerprint density at radius 1 is 0.287 bits per heavy atom. The lowest BCUT2D eigenvalue weighted by molar-refractivity contribution is -0.140. The van der Waals surface area contributed by atoms with Crippen LogP contribution >= 0.6 is 0 Å². The molecule has 5 atom stereocenters. The van der Waals surface area contributed by atoms with Gasteiger partial charge in [-0.2, -0.15) is 0 Å². The summed E-state index contributed by atoms with van der Waals surface area (Å²) in [5.41, 5.74) is -0.0724. The smallest absolute Gasteiger partial charge is 0.341 e. The number of esters is 3. The van der Waals surface area contributed by atoms with E-state index >= 15 is 0 Å². The lowest BCUT2D eigenvalue weighted by atomic mass is 9.55. The van der Waals surface area contributed by atoms with Gasteiger partial charge in [0.1, 0.15) is 57.0 Å². The standard InChI is InChI=1S/3C20H20O6.2C19H20O3/c3*1-19(2)16-15(22)14(21)11-7-6-10(25-4)8-13(11)20(16,3)9-12(17(19)23)18(24)26-5;2*1-11-13-7-6-12(22-5)10-14(13)19(4)9-8-15(20)18(2,3)17(19)16(11)21/h3*6-9,22H,1-5H3;2*6-10,21H,1H2,2-5H3/t2*20-;;2*19-/m10.10/s1. The Balaban J connectivity index is 0.000000149. The van der Waals surface area contributed by atoms with Gasteiger partial charge in [-0.05, 0) is 245 Å². The second-order valence-corrected chi connectivity index (χ2v) is 34.8. The Labute approximate surface area is 707 Å². The second-order valence-electron chi connectivity index (χ2n) is 34.8. The van der Waals surface area contributed by atoms with Crippen LogP contribution in [-0.4, -0.2) is 147 Å². The number of methoxy groups -OCH3 is 8. The highest BCUT2D eigenvalue weighted by atomic mass is 16.5. The van der Waals surface area contributed by atoms with Gasteiger partial charge in [0.05, 0.1) is 84.0 Å². The SMILES string of the molecule is C=C1C(O)=C2C(C)(C)C(=O)C=C[C@@]2(C)c2cc(OC)ccc21.C=C1C(O)=C2C(C)(C)C(=O)C=C[C@]2(C)c2cc(OC)ccc21.COC(=O)C1=CC2(C)C(=C(O)C(=O)c3ccc(OC)cc32)C(C)(C)C1=O.COC(=O)C1=C[C@@]2(C)C(=C(O)C(=O)c3ccc(OC)cc32)C(C)(C)C1=O.COC(=O)C1=C[C@]2(C)C(=C(O)C(=O)c3ccc(OC)cc32)C(C)(C)C1=O. The van der Waals surface area contributed by atoms with Crippen molar-refractivity contribution in [3.05, 3.63) is 276 Å². The van der Waals surface area contributed by atoms with Crippen molar-refractivity contribution in [2.75, 3.05) is 56.9 Å². The van der Waals surface area contributed by atoms with Crippen molar-refractivity contribution in [2.45, 2.75) is 131 Å². The van der Waals surface area contributed by atoms with Gasteiger partial charge in [-0.3, -0.25) is 38.4 Å². The number of hydrogen-bond donors (Lipinski definition) is 5. The normalized spacial score (nSPS) is 24.5. The van der Waals surface area contributed by atoms with E-state index in [1.165, 1.54) is 60.9 Å². The summed E-state index contributed by atoms with van der Waals surface area (Å²) >= 11 is 0. The van der Waals surface area contributed by atoms with E-state index in [0.29, 0.717) is 72.9 Å². The zero-order chi connectivity index (χ0) is 90.9. The molecule has 0 aliphatic heterocycles. The summed E-state index contributed by atoms with van der Waals surface area (Å²) in [7, 11) is 11.4. The van der Waals surface area contributed by atoms with Gasteiger partial charge in [0.15, 0.2) is 46.2 Å². The average Bonchev–Trinajstić information content (AvgIpc) is 0.806. The van der Waals surface area contributed by atoms with E-state index in [-0.39, 0.29) is 56.5 Å². The minimum absolute atomic E-state index is 0.00864. The molecule has 0 saturated heterocycles. The molecule has 5 aromatic rings. The minimum Gasteiger partial charge on any atom is -0.507 e. The van der Waals surface area contributed by atoms with Crippen molar-refractivity contribution >= 4 is 75.3 Å². The average molecular weight is 1660 g/mol. The van der Waals surface area contributed by atoms with Crippen LogP contribution in [0.3, 0.4) is 0 Å². The Morgan fingerprint density at radius 2 is 0.492 bits per heavy atom. The van der Waals surface area contributed by atoms with Crippen LogP contribution < -0.4 is 23.7 Å². The minimum atomic E-state index is -1.26. The van der Waals surface area contributed by atoms with Crippen LogP contribution in [0, 0.1) is 27.1 Å². The highest BCUT2D eigenvalue weighted by Gasteiger charge is 2.60. The molecule has 24 heteroatoms. The van der Waals surface area contributed by atoms with Crippen LogP contribution in [0.1, 0.15) is 174 Å². The number of carbonyl (C=O) groups is 11. The van der Waals surface area contributed by atoms with Gasteiger partial charge in [-0.1, -0.05) is 55.7 Å². The van der Waals surface area contributed by atoms with Crippen LogP contribution in [0.2, 0.25) is 0 Å². The van der Waals surface area contributed by atoms with Crippen molar-refractivity contribution in [3.8, 4) is 28.7 Å². The number of Topliss-reactive ketones (excluding diaryl/α,β-unsaturated/α-hetero) is 6. The molecular formula is C98H100O24. The highest BCUT2D eigenvalue weighted by Crippen LogP contribution is 2.61. The van der Waals surface area contributed by atoms with Gasteiger partial charge in [0.2, 0.25) is 17.3 Å². The fourth-order valence-corrected chi connectivity index (χ4v) is 19.6. The molecule has 10 aliphatic rings. The fourth-order valence-electron chi connectivity index (χ4n) is 19.6. The third-order valence-corrected chi connectivity index (χ3v) is 25.8. The molecule has 0 aromatic heterocycles. The van der Waals surface area contributed by atoms with Gasteiger partial charge < -0.3 is 63.4 Å². The molecule has 0 radical (unpaired) electrons. The van der Waals surface area contributed by atoms with E-state index in [1.54, 1.807) is 143 Å². The molecule has 5 N–H and O–H groups in total. The molecule has 0 heterocycles. The zero-order valence-electron chi connectivity index (χ0n) is 72.6. The molecule has 122 heavy (non-hydrogen) atoms. The lowest BCUT2D eigenvalue weighted by Crippen LogP contribution is -2.48. The largest absolute Gasteiger partial charge is 0.507 e. The van der Waals surface area contributed by atoms with Crippen molar-refractivity contribution in [1.82, 2.24) is 0 Å². The number of aliphatic hydroxyl groups excluding tert-OH is 5. The van der Waals surface area contributed by atoms with Crippen molar-refractivity contribution in [1.29, 1.82) is 0 Å². The van der Waals surface area contributed by atoms with Gasteiger partial charge in [-0.25, -0.2) is 14.4 Å². The topological polar surface area (TPSA) is 363 Å². The number of fused-ring (bicyclic) bond motifs is 15. The van der Waals surface area contributed by atoms with Crippen LogP contribution in [0.4, 0.5) is 0 Å². The fraction of sp³-hybridized carbons (Fsp3) is 0.337. The van der Waals surface area contributed by atoms with Gasteiger partial charge >= 0.3 is 17.9 Å². The number of ketones is 8. The van der Waals surface area contributed by atoms with E-state index in [9.17, 15) is 78.3 Å². The first-order valence-corrected chi connectivity index (χ1v) is 39.0. The molecule has 636 valence electrons. The summed E-state index contributed by atoms with van der Waals surface area (Å²) in [6.07, 6.45) is 11.4. The van der Waals surface area contributed by atoms with Gasteiger partial charge in [-0.15, -0.1) is 0 Å². The number of benzene rings is 5. The van der Waals surface area contributed by atoms with Crippen LogP contribution in [0.15, 0.2) is 220 Å². The Kier molecular flexibility index (Phi) is 22.6. The summed E-state index contributed by atoms with van der Waals surface area (Å²) < 4.78 is 40.8. The monoisotopic (exact) mass is 1660 g/mol. The number of ether oxygens (including phenoxy) is 8. The summed E-state index contributed by atoms with van der Waals surface area (Å²) in [5, 5.41) is 53.4. The quantitative estimate of drug-likeness (QED) is 0.0547. The summed E-state index contributed by atoms with van der Waals surface area (Å²) in [4.78, 5) is 138. The van der Waals surface area contributed by atoms with Crippen LogP contribution in [0.25, 0.3) is 11.1 Å². The molecule has 0 saturated carbocycles. The number of aliphatic hydroxyl groups is 5. The zero-order valence-corrected chi connectivity index (χ0v) is 72.6. The van der Waals surface area contributed by atoms with E-state index in [2.05, 4.69) is 13.2 Å². The van der Waals surface area contributed by atoms with Crippen LogP contribution in [-0.2, 0) is 79.6 Å². The predicted molar refractivity (Wildman–Crippen MR) is 454 cm³/mol. The van der Waals surface area contributed by atoms with Crippen molar-refractivity contribution < 1.29 is 116 Å². The number of hydrogen-bond acceptors (Lipinski definition) is 24. The summed E-state index contributed by atoms with van der Waals surface area (Å²) in [5.74, 6) is -3.43. The van der Waals surface area contributed by atoms with Gasteiger partial charge in [0.25, 0.3) is 0 Å². The molecular weight excluding hydrogens is 1560 g/mol.